The van der Waals surface area contributed by atoms with E-state index in [-0.39, 0.29) is 99.7 Å². The Bertz CT molecular complexity index is 3250. The predicted molar refractivity (Wildman–Crippen MR) is 328 cm³/mol. The van der Waals surface area contributed by atoms with Gasteiger partial charge in [0.05, 0.1) is 30.9 Å². The van der Waals surface area contributed by atoms with Crippen molar-refractivity contribution in [1.82, 2.24) is 31.9 Å². The molecule has 25 heteroatoms. The minimum Gasteiger partial charge on any atom is -0.508 e. The molecule has 25 nitrogen and oxygen atoms in total. The second-order valence-electron chi connectivity index (χ2n) is 23.4. The molecule has 19 N–H and O–H groups in total. The van der Waals surface area contributed by atoms with Gasteiger partial charge in [0.25, 0.3) is 0 Å². The highest BCUT2D eigenvalue weighted by Gasteiger charge is 2.56. The van der Waals surface area contributed by atoms with Gasteiger partial charge < -0.3 is 127 Å². The van der Waals surface area contributed by atoms with E-state index in [1.54, 1.807) is 115 Å². The fourth-order valence-corrected chi connectivity index (χ4v) is 12.2. The van der Waals surface area contributed by atoms with Crippen LogP contribution in [-0.2, 0) is 67.7 Å². The summed E-state index contributed by atoms with van der Waals surface area (Å²) in [5, 5.41) is 168. The topological polar surface area (TPSA) is 391 Å². The van der Waals surface area contributed by atoms with Gasteiger partial charge in [-0.3, -0.25) is 0 Å². The van der Waals surface area contributed by atoms with E-state index in [0.29, 0.717) is 33.4 Å². The number of rotatable bonds is 28. The summed E-state index contributed by atoms with van der Waals surface area (Å²) in [6.45, 7) is -0.231. The third-order valence-corrected chi connectivity index (χ3v) is 17.4. The van der Waals surface area contributed by atoms with Gasteiger partial charge in [-0.15, -0.1) is 0 Å². The van der Waals surface area contributed by atoms with E-state index < -0.39 is 123 Å². The highest BCUT2D eigenvalue weighted by molar-refractivity contribution is 5.36. The first-order valence-corrected chi connectivity index (χ1v) is 30.6. The molecule has 4 fully saturated rings. The molecule has 3 heterocycles. The monoisotopic (exact) mass is 1260 g/mol. The van der Waals surface area contributed by atoms with Gasteiger partial charge in [0, 0.05) is 91.3 Å². The van der Waals surface area contributed by atoms with Gasteiger partial charge in [-0.1, -0.05) is 109 Å². The maximum absolute atomic E-state index is 12.9. The number of nitrogens with one attached hydrogen (secondary N) is 6. The van der Waals surface area contributed by atoms with Gasteiger partial charge in [0.1, 0.15) is 95.5 Å². The van der Waals surface area contributed by atoms with E-state index >= 15 is 0 Å². The molecule has 4 aliphatic rings. The van der Waals surface area contributed by atoms with E-state index in [4.69, 9.17) is 28.4 Å². The molecule has 19 atom stereocenters. The molecule has 0 spiro atoms. The van der Waals surface area contributed by atoms with Crippen molar-refractivity contribution in [3.63, 3.8) is 0 Å². The highest BCUT2D eigenvalue weighted by Crippen LogP contribution is 2.37. The van der Waals surface area contributed by atoms with Crippen LogP contribution < -0.4 is 31.9 Å². The molecule has 0 unspecified atom stereocenters. The molecule has 0 aromatic heterocycles. The number of hydrogen-bond acceptors (Lipinski definition) is 25. The van der Waals surface area contributed by atoms with Crippen molar-refractivity contribution in [1.29, 1.82) is 0 Å². The minimum atomic E-state index is -1.81. The van der Waals surface area contributed by atoms with Gasteiger partial charge in [-0.05, 0) is 55.8 Å². The fraction of sp³-hybridized carbons (Fsp3) is 0.455. The van der Waals surface area contributed by atoms with Crippen molar-refractivity contribution in [2.24, 2.45) is 0 Å². The highest BCUT2D eigenvalue weighted by atomic mass is 16.8. The summed E-state index contributed by atoms with van der Waals surface area (Å²) in [5.74, 6) is -0.0192. The minimum absolute atomic E-state index is 0.0129. The van der Waals surface area contributed by atoms with Crippen LogP contribution in [0.3, 0.4) is 0 Å². The maximum Gasteiger partial charge on any atom is 0.187 e. The number of aromatic hydroxyl groups is 6. The Kier molecular flexibility index (Phi) is 23.5. The molecule has 0 radical (unpaired) electrons. The summed E-state index contributed by atoms with van der Waals surface area (Å²) in [6.07, 6.45) is -22.2. The van der Waals surface area contributed by atoms with Crippen molar-refractivity contribution < 1.29 is 94.8 Å². The average molecular weight is 1270 g/mol. The predicted octanol–water partition coefficient (Wildman–Crippen LogP) is 0.715. The lowest BCUT2D eigenvalue weighted by atomic mass is 9.82. The van der Waals surface area contributed by atoms with Gasteiger partial charge in [0.2, 0.25) is 0 Å². The zero-order valence-corrected chi connectivity index (χ0v) is 49.9. The van der Waals surface area contributed by atoms with Crippen molar-refractivity contribution in [3.8, 4) is 34.5 Å². The third-order valence-electron chi connectivity index (χ3n) is 17.4. The van der Waals surface area contributed by atoms with E-state index in [9.17, 15) is 66.4 Å². The summed E-state index contributed by atoms with van der Waals surface area (Å²) >= 11 is 0. The number of aliphatic hydroxyl groups excluding tert-OH is 7. The number of phenols is 6. The van der Waals surface area contributed by atoms with Crippen LogP contribution in [0.1, 0.15) is 46.2 Å². The fourth-order valence-electron chi connectivity index (χ4n) is 12.2. The zero-order chi connectivity index (χ0) is 64.1. The Morgan fingerprint density at radius 3 is 1.16 bits per heavy atom. The van der Waals surface area contributed by atoms with E-state index in [1.165, 1.54) is 30.3 Å². The summed E-state index contributed by atoms with van der Waals surface area (Å²) < 4.78 is 39.9. The Hall–Kier alpha value is -6.64. The number of para-hydroxylation sites is 6. The number of ether oxygens (including phenoxy) is 6. The summed E-state index contributed by atoms with van der Waals surface area (Å²) in [5.41, 5.74) is 3.03. The molecular formula is C66H84N6O19. The summed E-state index contributed by atoms with van der Waals surface area (Å²) in [4.78, 5) is 0. The summed E-state index contributed by atoms with van der Waals surface area (Å²) in [6, 6.07) is 35.5. The lowest BCUT2D eigenvalue weighted by Crippen LogP contribution is -2.69. The molecule has 6 aromatic carbocycles. The lowest BCUT2D eigenvalue weighted by molar-refractivity contribution is -0.312. The largest absolute Gasteiger partial charge is 0.508 e. The molecule has 91 heavy (non-hydrogen) atoms. The molecule has 1 aliphatic carbocycles. The van der Waals surface area contributed by atoms with Gasteiger partial charge in [-0.2, -0.15) is 0 Å². The molecule has 6 aromatic rings. The standard InChI is InChI=1S/C66H84N6O19/c73-35-52-62(90-64-53(71-32-40-17-5-11-23-48(40)78)58(83)56(81)50(86-64)25-26-67-28-36-13-1-7-19-44(36)74)60(85)66(88-52)91-63-55(80)42(69-30-38-15-3-9-21-46(38)76)27-43(70-31-39-16-4-10-22-47(39)77)61(63)89-65-54(72-33-41-18-6-12-24-49(41)79)59(84)57(82)51(87-65)34-68-29-37-14-2-8-20-45(37)75/h1-24,42-43,50-85H,25-35H2/t42-,43+,50+,51-,52-,53-,54-,55+,56-,57-,58-,59-,60-,61-,62-,63+,64-,65-,66+/m1/s1. The number of benzene rings is 6. The molecule has 10 rings (SSSR count). The molecule has 0 bridgehead atoms. The second kappa shape index (κ2) is 31.8. The molecule has 3 aliphatic heterocycles. The van der Waals surface area contributed by atoms with Crippen molar-refractivity contribution >= 4 is 0 Å². The van der Waals surface area contributed by atoms with Crippen molar-refractivity contribution in [2.45, 2.75) is 168 Å². The Labute approximate surface area is 526 Å². The normalized spacial score (nSPS) is 31.0. The molecule has 1 saturated carbocycles. The van der Waals surface area contributed by atoms with Crippen LogP contribution in [0.5, 0.6) is 34.5 Å². The van der Waals surface area contributed by atoms with Crippen molar-refractivity contribution in [2.75, 3.05) is 19.7 Å². The molecule has 0 amide bonds. The van der Waals surface area contributed by atoms with E-state index in [1.807, 2.05) is 0 Å². The molecular weight excluding hydrogens is 1180 g/mol. The van der Waals surface area contributed by atoms with E-state index in [0.717, 1.165) is 0 Å². The average Bonchev–Trinajstić information content (AvgIpc) is 1.78. The number of phenolic OH excluding ortho intramolecular Hbond substituents is 6. The van der Waals surface area contributed by atoms with Crippen molar-refractivity contribution in [3.05, 3.63) is 179 Å². The van der Waals surface area contributed by atoms with Gasteiger partial charge in [0.15, 0.2) is 18.9 Å². The quantitative estimate of drug-likeness (QED) is 0.0301. The Morgan fingerprint density at radius 1 is 0.352 bits per heavy atom. The Morgan fingerprint density at radius 2 is 0.714 bits per heavy atom. The lowest BCUT2D eigenvalue weighted by Gasteiger charge is -2.49. The van der Waals surface area contributed by atoms with Gasteiger partial charge >= 0.3 is 0 Å². The SMILES string of the molecule is OC[C@H]1O[C@@H](O[C@H]2[C@@H](O)[C@H](NCc3ccccc3O)C[C@H](NCc3ccccc3O)[C@H]2O[C@H]2O[C@H](CNCc3ccccc3O)[C@@H](O)[C@H](O)[C@H]2NCc2ccccc2O)[C@H](O)[C@@H]1O[C@H]1O[C@@H](CCNCc2ccccc2O)[C@@H](O)[C@H](O)[C@H]1NCc1ccccc1O. The van der Waals surface area contributed by atoms with Crippen LogP contribution in [0.4, 0.5) is 0 Å². The van der Waals surface area contributed by atoms with Crippen LogP contribution in [0.2, 0.25) is 0 Å². The van der Waals surface area contributed by atoms with Gasteiger partial charge in [-0.25, -0.2) is 0 Å². The number of aliphatic hydroxyl groups is 7. The summed E-state index contributed by atoms with van der Waals surface area (Å²) in [7, 11) is 0. The molecule has 492 valence electrons. The second-order valence-corrected chi connectivity index (χ2v) is 23.4. The third kappa shape index (κ3) is 16.6. The smallest absolute Gasteiger partial charge is 0.187 e. The first-order chi connectivity index (χ1) is 44.1. The first kappa shape index (κ1) is 67.3. The number of hydrogen-bond donors (Lipinski definition) is 19. The van der Waals surface area contributed by atoms with Crippen LogP contribution in [0.15, 0.2) is 146 Å². The van der Waals surface area contributed by atoms with Crippen LogP contribution in [0.25, 0.3) is 0 Å². The van der Waals surface area contributed by atoms with Crippen LogP contribution >= 0.6 is 0 Å². The molecule has 3 saturated heterocycles. The van der Waals surface area contributed by atoms with Crippen LogP contribution in [0, 0.1) is 0 Å². The maximum atomic E-state index is 12.9. The zero-order valence-electron chi connectivity index (χ0n) is 49.9. The van der Waals surface area contributed by atoms with Crippen LogP contribution in [-0.4, -0.2) is 202 Å². The van der Waals surface area contributed by atoms with E-state index in [2.05, 4.69) is 31.9 Å². The Balaban J connectivity index is 0.964. The first-order valence-electron chi connectivity index (χ1n) is 30.6.